The zero-order valence-electron chi connectivity index (χ0n) is 15.5. The smallest absolute Gasteiger partial charge is 0.296 e. The van der Waals surface area contributed by atoms with Crippen LogP contribution in [0.3, 0.4) is 0 Å². The first-order valence-corrected chi connectivity index (χ1v) is 9.37. The van der Waals surface area contributed by atoms with E-state index in [1.54, 1.807) is 6.20 Å². The van der Waals surface area contributed by atoms with E-state index >= 15 is 0 Å². The van der Waals surface area contributed by atoms with Crippen molar-refractivity contribution in [1.82, 2.24) is 19.4 Å². The van der Waals surface area contributed by atoms with Gasteiger partial charge in [0.1, 0.15) is 0 Å². The summed E-state index contributed by atoms with van der Waals surface area (Å²) in [5, 5.41) is 10.9. The highest BCUT2D eigenvalue weighted by Gasteiger charge is 2.20. The Hall–Kier alpha value is -2.11. The number of imidazole rings is 1. The summed E-state index contributed by atoms with van der Waals surface area (Å²) in [6, 6.07) is 8.21. The molecule has 0 bridgehead atoms. The van der Waals surface area contributed by atoms with Crippen molar-refractivity contribution in [2.45, 2.75) is 39.3 Å². The van der Waals surface area contributed by atoms with Crippen LogP contribution in [0.15, 0.2) is 30.5 Å². The minimum Gasteiger partial charge on any atom is -0.480 e. The van der Waals surface area contributed by atoms with Gasteiger partial charge >= 0.3 is 0 Å². The number of benzene rings is 1. The lowest BCUT2D eigenvalue weighted by atomic mass is 9.99. The van der Waals surface area contributed by atoms with Gasteiger partial charge in [-0.1, -0.05) is 55.6 Å². The Bertz CT molecular complexity index is 904. The van der Waals surface area contributed by atoms with Crippen molar-refractivity contribution in [3.8, 4) is 17.1 Å². The first-order chi connectivity index (χ1) is 12.5. The maximum Gasteiger partial charge on any atom is 0.296 e. The molecule has 1 aromatic carbocycles. The molecule has 0 saturated carbocycles. The van der Waals surface area contributed by atoms with Gasteiger partial charge in [0.2, 0.25) is 0 Å². The van der Waals surface area contributed by atoms with Crippen molar-refractivity contribution in [2.24, 2.45) is 0 Å². The second-order valence-corrected chi connectivity index (χ2v) is 7.23. The second-order valence-electron chi connectivity index (χ2n) is 6.82. The van der Waals surface area contributed by atoms with Crippen LogP contribution in [0.1, 0.15) is 31.7 Å². The third kappa shape index (κ3) is 3.69. The predicted molar refractivity (Wildman–Crippen MR) is 107 cm³/mol. The topological polar surface area (TPSA) is 54.2 Å². The first-order valence-electron chi connectivity index (χ1n) is 8.99. The molecule has 0 unspecified atom stereocenters. The van der Waals surface area contributed by atoms with Crippen molar-refractivity contribution >= 4 is 22.8 Å². The van der Waals surface area contributed by atoms with Crippen LogP contribution in [0.25, 0.3) is 22.3 Å². The van der Waals surface area contributed by atoms with Crippen molar-refractivity contribution < 1.29 is 5.11 Å². The molecule has 3 rings (SSSR count). The average Bonchev–Trinajstić information content (AvgIpc) is 2.91. The predicted octanol–water partition coefficient (Wildman–Crippen LogP) is 4.71. The minimum absolute atomic E-state index is 0.00258. The van der Waals surface area contributed by atoms with Crippen LogP contribution < -0.4 is 0 Å². The molecule has 0 radical (unpaired) electrons. The van der Waals surface area contributed by atoms with Crippen LogP contribution in [-0.4, -0.2) is 38.6 Å². The third-order valence-electron chi connectivity index (χ3n) is 4.46. The number of pyridine rings is 1. The number of halogens is 1. The Balaban J connectivity index is 2.21. The molecule has 2 aromatic heterocycles. The van der Waals surface area contributed by atoms with Gasteiger partial charge in [0.05, 0.1) is 10.5 Å². The molecule has 138 valence electrons. The van der Waals surface area contributed by atoms with E-state index in [9.17, 15) is 5.11 Å². The maximum absolute atomic E-state index is 10.4. The number of hydrogen-bond donors (Lipinski definition) is 1. The molecule has 3 aromatic rings. The van der Waals surface area contributed by atoms with Crippen LogP contribution in [-0.2, 0) is 13.1 Å². The quantitative estimate of drug-likeness (QED) is 0.610. The van der Waals surface area contributed by atoms with Gasteiger partial charge in [0, 0.05) is 24.8 Å². The highest BCUT2D eigenvalue weighted by molar-refractivity contribution is 6.34. The molecular formula is C20H25ClN4O. The lowest BCUT2D eigenvalue weighted by Crippen LogP contribution is -2.11. The molecule has 0 aliphatic rings. The van der Waals surface area contributed by atoms with Gasteiger partial charge in [-0.05, 0) is 31.6 Å². The Kier molecular flexibility index (Phi) is 5.79. The lowest BCUT2D eigenvalue weighted by Gasteiger charge is -2.16. The fraction of sp³-hybridized carbons (Fsp3) is 0.400. The molecule has 5 nitrogen and oxygen atoms in total. The number of aryl methyl sites for hydroxylation is 1. The van der Waals surface area contributed by atoms with Gasteiger partial charge in [-0.2, -0.15) is 4.98 Å². The number of aromatic hydroxyl groups is 1. The summed E-state index contributed by atoms with van der Waals surface area (Å²) >= 11 is 6.59. The number of unbranched alkanes of at least 4 members (excludes halogenated alkanes) is 2. The number of rotatable bonds is 7. The van der Waals surface area contributed by atoms with Crippen LogP contribution in [0.4, 0.5) is 0 Å². The van der Waals surface area contributed by atoms with E-state index in [0.29, 0.717) is 17.2 Å². The molecular weight excluding hydrogens is 348 g/mol. The van der Waals surface area contributed by atoms with Crippen molar-refractivity contribution in [3.63, 3.8) is 0 Å². The molecule has 0 aliphatic carbocycles. The fourth-order valence-corrected chi connectivity index (χ4v) is 3.53. The van der Waals surface area contributed by atoms with E-state index in [1.807, 2.05) is 30.8 Å². The van der Waals surface area contributed by atoms with Gasteiger partial charge in [-0.25, -0.2) is 4.98 Å². The van der Waals surface area contributed by atoms with Crippen LogP contribution in [0.5, 0.6) is 6.01 Å². The summed E-state index contributed by atoms with van der Waals surface area (Å²) in [4.78, 5) is 10.7. The van der Waals surface area contributed by atoms with E-state index in [4.69, 9.17) is 11.6 Å². The van der Waals surface area contributed by atoms with Gasteiger partial charge in [0.25, 0.3) is 6.01 Å². The molecule has 0 fully saturated rings. The lowest BCUT2D eigenvalue weighted by molar-refractivity contribution is 0.397. The Morgan fingerprint density at radius 3 is 2.69 bits per heavy atom. The summed E-state index contributed by atoms with van der Waals surface area (Å²) in [6.07, 6.45) is 4.81. The molecule has 6 heteroatoms. The highest BCUT2D eigenvalue weighted by Crippen LogP contribution is 2.38. The van der Waals surface area contributed by atoms with Gasteiger partial charge < -0.3 is 10.0 Å². The molecule has 2 heterocycles. The van der Waals surface area contributed by atoms with Gasteiger partial charge in [-0.15, -0.1) is 0 Å². The monoisotopic (exact) mass is 372 g/mol. The van der Waals surface area contributed by atoms with Crippen molar-refractivity contribution in [3.05, 3.63) is 41.0 Å². The molecule has 1 N–H and O–H groups in total. The van der Waals surface area contributed by atoms with E-state index < -0.39 is 0 Å². The molecule has 0 aliphatic heterocycles. The first kappa shape index (κ1) is 18.7. The number of hydrogen-bond acceptors (Lipinski definition) is 4. The summed E-state index contributed by atoms with van der Waals surface area (Å²) in [5.41, 5.74) is 4.44. The Labute approximate surface area is 159 Å². The van der Waals surface area contributed by atoms with E-state index in [1.165, 1.54) is 5.56 Å². The molecule has 26 heavy (non-hydrogen) atoms. The number of fused-ring (bicyclic) bond motifs is 1. The molecule has 0 atom stereocenters. The summed E-state index contributed by atoms with van der Waals surface area (Å²) in [6.45, 7) is 3.65. The third-order valence-corrected chi connectivity index (χ3v) is 4.75. The summed E-state index contributed by atoms with van der Waals surface area (Å²) in [7, 11) is 4.09. The van der Waals surface area contributed by atoms with E-state index in [2.05, 4.69) is 33.9 Å². The van der Waals surface area contributed by atoms with E-state index in [-0.39, 0.29) is 6.01 Å². The largest absolute Gasteiger partial charge is 0.480 e. The SMILES string of the molecule is CCCCCn1c(O)nc2ncc(Cl)c(-c3ccccc3CN(C)C)c21. The van der Waals surface area contributed by atoms with Gasteiger partial charge in [-0.3, -0.25) is 4.57 Å². The van der Waals surface area contributed by atoms with Crippen LogP contribution in [0, 0.1) is 0 Å². The van der Waals surface area contributed by atoms with Crippen LogP contribution >= 0.6 is 11.6 Å². The van der Waals surface area contributed by atoms with Crippen molar-refractivity contribution in [1.29, 1.82) is 0 Å². The van der Waals surface area contributed by atoms with Crippen LogP contribution in [0.2, 0.25) is 5.02 Å². The fourth-order valence-electron chi connectivity index (χ4n) is 3.29. The van der Waals surface area contributed by atoms with E-state index in [0.717, 1.165) is 42.5 Å². The molecule has 0 amide bonds. The normalized spacial score (nSPS) is 11.6. The number of aromatic nitrogens is 3. The zero-order valence-corrected chi connectivity index (χ0v) is 16.3. The summed E-state index contributed by atoms with van der Waals surface area (Å²) in [5.74, 6) is 0. The Morgan fingerprint density at radius 1 is 1.19 bits per heavy atom. The average molecular weight is 373 g/mol. The molecule has 0 saturated heterocycles. The number of nitrogens with zero attached hydrogens (tertiary/aromatic N) is 4. The maximum atomic E-state index is 10.4. The standard InChI is InChI=1S/C20H25ClN4O/c1-4-5-8-11-25-18-17(16(21)12-22-19(18)23-20(25)26)15-10-7-6-9-14(15)13-24(2)3/h6-7,9-10,12H,4-5,8,11,13H2,1-3H3,(H,22,23,26). The minimum atomic E-state index is -0.00258. The summed E-state index contributed by atoms with van der Waals surface area (Å²) < 4.78 is 1.84. The second kappa shape index (κ2) is 8.06. The molecule has 0 spiro atoms. The van der Waals surface area contributed by atoms with Crippen molar-refractivity contribution in [2.75, 3.05) is 14.1 Å². The Morgan fingerprint density at radius 2 is 1.96 bits per heavy atom. The van der Waals surface area contributed by atoms with Gasteiger partial charge in [0.15, 0.2) is 5.65 Å². The highest BCUT2D eigenvalue weighted by atomic mass is 35.5. The zero-order chi connectivity index (χ0) is 18.7.